The second kappa shape index (κ2) is 9.74. The molecule has 0 aromatic heterocycles. The Labute approximate surface area is 188 Å². The van der Waals surface area contributed by atoms with Crippen molar-refractivity contribution in [2.75, 3.05) is 18.6 Å². The van der Waals surface area contributed by atoms with Gasteiger partial charge in [0.2, 0.25) is 0 Å². The third kappa shape index (κ3) is 5.40. The van der Waals surface area contributed by atoms with Crippen molar-refractivity contribution in [2.45, 2.75) is 25.9 Å². The fourth-order valence-corrected chi connectivity index (χ4v) is 4.18. The van der Waals surface area contributed by atoms with Gasteiger partial charge >= 0.3 is 6.18 Å². The summed E-state index contributed by atoms with van der Waals surface area (Å²) in [6.45, 7) is 2.64. The van der Waals surface area contributed by atoms with Crippen LogP contribution in [0.25, 0.3) is 6.08 Å². The molecule has 9 heteroatoms. The molecule has 4 nitrogen and oxygen atoms in total. The van der Waals surface area contributed by atoms with Gasteiger partial charge in [-0.3, -0.25) is 9.69 Å². The number of alkyl halides is 3. The molecule has 0 unspecified atom stereocenters. The fourth-order valence-electron chi connectivity index (χ4n) is 2.88. The molecule has 1 fully saturated rings. The number of anilines is 1. The molecule has 164 valence electrons. The average Bonchev–Trinajstić information content (AvgIpc) is 3.01. The highest BCUT2D eigenvalue weighted by Crippen LogP contribution is 2.39. The Balaban J connectivity index is 1.85. The maximum absolute atomic E-state index is 13.0. The zero-order valence-corrected chi connectivity index (χ0v) is 18.5. The number of unbranched alkanes of at least 4 members (excludes halogenated alkanes) is 1. The van der Waals surface area contributed by atoms with E-state index in [0.717, 1.165) is 41.6 Å². The zero-order chi connectivity index (χ0) is 22.6. The van der Waals surface area contributed by atoms with Gasteiger partial charge in [-0.05, 0) is 48.4 Å². The quantitative estimate of drug-likeness (QED) is 0.272. The molecule has 1 amide bonds. The van der Waals surface area contributed by atoms with E-state index in [9.17, 15) is 18.0 Å². The number of benzene rings is 2. The van der Waals surface area contributed by atoms with E-state index >= 15 is 0 Å². The maximum atomic E-state index is 13.0. The monoisotopic (exact) mass is 467 g/mol. The molecule has 0 spiro atoms. The van der Waals surface area contributed by atoms with Crippen LogP contribution in [0.15, 0.2) is 47.4 Å². The van der Waals surface area contributed by atoms with Crippen molar-refractivity contribution in [1.82, 2.24) is 0 Å². The van der Waals surface area contributed by atoms with E-state index in [1.54, 1.807) is 24.3 Å². The third-order valence-corrected chi connectivity index (χ3v) is 5.77. The van der Waals surface area contributed by atoms with Crippen LogP contribution in [-0.2, 0) is 11.0 Å². The summed E-state index contributed by atoms with van der Waals surface area (Å²) in [6.07, 6.45) is -0.952. The number of methoxy groups -OCH3 is 1. The van der Waals surface area contributed by atoms with Crippen molar-refractivity contribution in [3.63, 3.8) is 0 Å². The lowest BCUT2D eigenvalue weighted by Gasteiger charge is -2.16. The molecular formula is C22H20F3NO3S2. The van der Waals surface area contributed by atoms with Crippen molar-refractivity contribution < 1.29 is 27.4 Å². The van der Waals surface area contributed by atoms with Gasteiger partial charge in [0.25, 0.3) is 5.91 Å². The second-order valence-corrected chi connectivity index (χ2v) is 8.35. The van der Waals surface area contributed by atoms with Gasteiger partial charge in [-0.1, -0.05) is 49.5 Å². The van der Waals surface area contributed by atoms with E-state index in [2.05, 4.69) is 6.92 Å². The Morgan fingerprint density at radius 2 is 1.94 bits per heavy atom. The van der Waals surface area contributed by atoms with Crippen LogP contribution in [0, 0.1) is 0 Å². The number of thiocarbonyl (C=S) groups is 1. The minimum Gasteiger partial charge on any atom is -0.493 e. The van der Waals surface area contributed by atoms with Gasteiger partial charge in [0.15, 0.2) is 15.8 Å². The van der Waals surface area contributed by atoms with E-state index in [0.29, 0.717) is 28.6 Å². The first-order chi connectivity index (χ1) is 14.7. The van der Waals surface area contributed by atoms with Crippen LogP contribution in [0.4, 0.5) is 18.9 Å². The van der Waals surface area contributed by atoms with Crippen molar-refractivity contribution in [2.24, 2.45) is 0 Å². The van der Waals surface area contributed by atoms with E-state index in [4.69, 9.17) is 21.7 Å². The van der Waals surface area contributed by atoms with Crippen molar-refractivity contribution in [1.29, 1.82) is 0 Å². The normalized spacial score (nSPS) is 15.6. The molecule has 2 aromatic carbocycles. The highest BCUT2D eigenvalue weighted by Gasteiger charge is 2.36. The number of ether oxygens (including phenoxy) is 2. The van der Waals surface area contributed by atoms with E-state index < -0.39 is 17.6 Å². The molecular weight excluding hydrogens is 447 g/mol. The van der Waals surface area contributed by atoms with Crippen LogP contribution in [0.5, 0.6) is 11.5 Å². The standard InChI is InChI=1S/C22H20F3NO3S2/c1-3-4-10-29-17-9-8-14(11-18(17)28-2)12-19-20(27)26(21(30)31-19)16-7-5-6-15(13-16)22(23,24)25/h5-9,11-13H,3-4,10H2,1-2H3/b19-12+. The second-order valence-electron chi connectivity index (χ2n) is 6.68. The van der Waals surface area contributed by atoms with Gasteiger partial charge in [-0.25, -0.2) is 0 Å². The van der Waals surface area contributed by atoms with Gasteiger partial charge in [-0.15, -0.1) is 0 Å². The summed E-state index contributed by atoms with van der Waals surface area (Å²) in [5.41, 5.74) is -0.0753. The third-order valence-electron chi connectivity index (χ3n) is 4.47. The molecule has 1 aliphatic rings. The molecule has 3 rings (SSSR count). The Hall–Kier alpha value is -2.52. The molecule has 2 aromatic rings. The lowest BCUT2D eigenvalue weighted by atomic mass is 10.1. The molecule has 0 radical (unpaired) electrons. The van der Waals surface area contributed by atoms with Crippen LogP contribution in [0.2, 0.25) is 0 Å². The summed E-state index contributed by atoms with van der Waals surface area (Å²) < 4.78 is 50.4. The molecule has 0 saturated carbocycles. The fraction of sp³-hybridized carbons (Fsp3) is 0.273. The number of nitrogens with zero attached hydrogens (tertiary/aromatic N) is 1. The lowest BCUT2D eigenvalue weighted by Crippen LogP contribution is -2.27. The summed E-state index contributed by atoms with van der Waals surface area (Å²) in [6, 6.07) is 9.82. The summed E-state index contributed by atoms with van der Waals surface area (Å²) in [4.78, 5) is 14.3. The number of carbonyl (C=O) groups is 1. The smallest absolute Gasteiger partial charge is 0.416 e. The maximum Gasteiger partial charge on any atom is 0.416 e. The van der Waals surface area contributed by atoms with Gasteiger partial charge < -0.3 is 9.47 Å². The molecule has 31 heavy (non-hydrogen) atoms. The Kier molecular flexibility index (Phi) is 7.27. The lowest BCUT2D eigenvalue weighted by molar-refractivity contribution is -0.137. The van der Waals surface area contributed by atoms with Crippen molar-refractivity contribution in [3.05, 3.63) is 58.5 Å². The van der Waals surface area contributed by atoms with Crippen molar-refractivity contribution in [3.8, 4) is 11.5 Å². The zero-order valence-electron chi connectivity index (χ0n) is 16.9. The molecule has 0 N–H and O–H groups in total. The molecule has 0 atom stereocenters. The average molecular weight is 468 g/mol. The van der Waals surface area contributed by atoms with Gasteiger partial charge in [0.1, 0.15) is 0 Å². The number of carbonyl (C=O) groups excluding carboxylic acids is 1. The highest BCUT2D eigenvalue weighted by molar-refractivity contribution is 8.27. The predicted octanol–water partition coefficient (Wildman–Crippen LogP) is 6.30. The Morgan fingerprint density at radius 3 is 2.61 bits per heavy atom. The minimum absolute atomic E-state index is 0.0815. The van der Waals surface area contributed by atoms with Crippen molar-refractivity contribution >= 4 is 46.0 Å². The topological polar surface area (TPSA) is 38.8 Å². The summed E-state index contributed by atoms with van der Waals surface area (Å²) in [5.74, 6) is 0.652. The SMILES string of the molecule is CCCCOc1ccc(/C=C2/SC(=S)N(c3cccc(C(F)(F)F)c3)C2=O)cc1OC. The van der Waals surface area contributed by atoms with E-state index in [1.807, 2.05) is 0 Å². The Bertz CT molecular complexity index is 1020. The predicted molar refractivity (Wildman–Crippen MR) is 120 cm³/mol. The number of rotatable bonds is 7. The number of thioether (sulfide) groups is 1. The van der Waals surface area contributed by atoms with Crippen LogP contribution >= 0.6 is 24.0 Å². The largest absolute Gasteiger partial charge is 0.493 e. The molecule has 0 bridgehead atoms. The van der Waals surface area contributed by atoms with Gasteiger partial charge in [0.05, 0.1) is 29.9 Å². The highest BCUT2D eigenvalue weighted by atomic mass is 32.2. The summed E-state index contributed by atoms with van der Waals surface area (Å²) >= 11 is 6.29. The summed E-state index contributed by atoms with van der Waals surface area (Å²) in [5, 5.41) is 0. The molecule has 1 saturated heterocycles. The number of halogens is 3. The number of hydrogen-bond donors (Lipinski definition) is 0. The first kappa shape index (κ1) is 23.1. The van der Waals surface area contributed by atoms with Gasteiger partial charge in [-0.2, -0.15) is 13.2 Å². The first-order valence-electron chi connectivity index (χ1n) is 9.50. The number of amides is 1. The van der Waals surface area contributed by atoms with E-state index in [1.165, 1.54) is 19.2 Å². The molecule has 1 aliphatic heterocycles. The minimum atomic E-state index is -4.51. The van der Waals surface area contributed by atoms with Crippen LogP contribution in [-0.4, -0.2) is 23.9 Å². The summed E-state index contributed by atoms with van der Waals surface area (Å²) in [7, 11) is 1.53. The van der Waals surface area contributed by atoms with Gasteiger partial charge in [0, 0.05) is 0 Å². The number of hydrogen-bond acceptors (Lipinski definition) is 5. The Morgan fingerprint density at radius 1 is 1.16 bits per heavy atom. The van der Waals surface area contributed by atoms with Crippen LogP contribution < -0.4 is 14.4 Å². The molecule has 1 heterocycles. The first-order valence-corrected chi connectivity index (χ1v) is 10.7. The van der Waals surface area contributed by atoms with E-state index in [-0.39, 0.29) is 10.0 Å². The van der Waals surface area contributed by atoms with Crippen LogP contribution in [0.1, 0.15) is 30.9 Å². The molecule has 0 aliphatic carbocycles. The van der Waals surface area contributed by atoms with Crippen LogP contribution in [0.3, 0.4) is 0 Å².